The SMILES string of the molecule is CCc1nccn1CC(C)NCc1cc(OC)ccc1OC. The predicted molar refractivity (Wildman–Crippen MR) is 87.5 cm³/mol. The molecular weight excluding hydrogens is 278 g/mol. The highest BCUT2D eigenvalue weighted by Gasteiger charge is 2.09. The molecule has 0 aliphatic rings. The van der Waals surface area contributed by atoms with Gasteiger partial charge in [-0.1, -0.05) is 6.92 Å². The topological polar surface area (TPSA) is 48.3 Å². The number of hydrogen-bond acceptors (Lipinski definition) is 4. The maximum atomic E-state index is 5.41. The Kier molecular flexibility index (Phi) is 5.83. The third-order valence-electron chi connectivity index (χ3n) is 3.72. The van der Waals surface area contributed by atoms with Crippen molar-refractivity contribution >= 4 is 0 Å². The Bertz CT molecular complexity index is 595. The molecule has 1 aromatic heterocycles. The van der Waals surface area contributed by atoms with Gasteiger partial charge in [0.2, 0.25) is 0 Å². The van der Waals surface area contributed by atoms with Crippen LogP contribution in [0.25, 0.3) is 0 Å². The van der Waals surface area contributed by atoms with Crippen molar-refractivity contribution in [2.24, 2.45) is 0 Å². The van der Waals surface area contributed by atoms with Gasteiger partial charge in [-0.3, -0.25) is 0 Å². The van der Waals surface area contributed by atoms with Crippen molar-refractivity contribution in [3.63, 3.8) is 0 Å². The second-order valence-electron chi connectivity index (χ2n) is 5.31. The molecule has 1 N–H and O–H groups in total. The van der Waals surface area contributed by atoms with Crippen LogP contribution in [-0.4, -0.2) is 29.8 Å². The van der Waals surface area contributed by atoms with E-state index < -0.39 is 0 Å². The van der Waals surface area contributed by atoms with E-state index in [0.717, 1.165) is 42.4 Å². The number of hydrogen-bond donors (Lipinski definition) is 1. The highest BCUT2D eigenvalue weighted by Crippen LogP contribution is 2.23. The zero-order chi connectivity index (χ0) is 15.9. The average molecular weight is 303 g/mol. The molecule has 0 saturated carbocycles. The lowest BCUT2D eigenvalue weighted by Crippen LogP contribution is -2.30. The van der Waals surface area contributed by atoms with E-state index in [9.17, 15) is 0 Å². The fourth-order valence-corrected chi connectivity index (χ4v) is 2.48. The van der Waals surface area contributed by atoms with Gasteiger partial charge in [-0.05, 0) is 25.1 Å². The standard InChI is InChI=1S/C17H25N3O2/c1-5-17-18-8-9-20(17)12-13(2)19-11-14-10-15(21-3)6-7-16(14)22-4/h6-10,13,19H,5,11-12H2,1-4H3. The van der Waals surface area contributed by atoms with Crippen molar-refractivity contribution in [1.82, 2.24) is 14.9 Å². The minimum atomic E-state index is 0.329. The fourth-order valence-electron chi connectivity index (χ4n) is 2.48. The Hall–Kier alpha value is -2.01. The van der Waals surface area contributed by atoms with Crippen LogP contribution in [0.2, 0.25) is 0 Å². The Morgan fingerprint density at radius 2 is 2.09 bits per heavy atom. The first kappa shape index (κ1) is 16.4. The number of nitrogens with one attached hydrogen (secondary N) is 1. The van der Waals surface area contributed by atoms with Crippen molar-refractivity contribution in [2.45, 2.75) is 39.4 Å². The van der Waals surface area contributed by atoms with Gasteiger partial charge in [0.15, 0.2) is 0 Å². The summed E-state index contributed by atoms with van der Waals surface area (Å²) >= 11 is 0. The summed E-state index contributed by atoms with van der Waals surface area (Å²) in [5, 5.41) is 3.53. The molecule has 0 bridgehead atoms. The molecule has 22 heavy (non-hydrogen) atoms. The van der Waals surface area contributed by atoms with Crippen LogP contribution in [0.1, 0.15) is 25.2 Å². The van der Waals surface area contributed by atoms with Crippen LogP contribution in [0.5, 0.6) is 11.5 Å². The number of rotatable bonds is 8. The number of ether oxygens (including phenoxy) is 2. The molecule has 0 spiro atoms. The third-order valence-corrected chi connectivity index (χ3v) is 3.72. The molecule has 1 aromatic carbocycles. The second kappa shape index (κ2) is 7.84. The Morgan fingerprint density at radius 1 is 1.27 bits per heavy atom. The molecule has 0 aliphatic carbocycles. The van der Waals surface area contributed by atoms with Gasteiger partial charge in [-0.2, -0.15) is 0 Å². The molecule has 1 atom stereocenters. The molecule has 0 fully saturated rings. The second-order valence-corrected chi connectivity index (χ2v) is 5.31. The van der Waals surface area contributed by atoms with Crippen molar-refractivity contribution in [1.29, 1.82) is 0 Å². The van der Waals surface area contributed by atoms with Crippen LogP contribution < -0.4 is 14.8 Å². The lowest BCUT2D eigenvalue weighted by Gasteiger charge is -2.17. The van der Waals surface area contributed by atoms with Gasteiger partial charge in [0.25, 0.3) is 0 Å². The van der Waals surface area contributed by atoms with Crippen LogP contribution in [0, 0.1) is 0 Å². The van der Waals surface area contributed by atoms with E-state index in [1.165, 1.54) is 0 Å². The lowest BCUT2D eigenvalue weighted by molar-refractivity contribution is 0.393. The first-order valence-corrected chi connectivity index (χ1v) is 7.62. The van der Waals surface area contributed by atoms with Crippen molar-refractivity contribution in [3.05, 3.63) is 42.0 Å². The molecule has 2 aromatic rings. The predicted octanol–water partition coefficient (Wildman–Crippen LogP) is 2.64. The van der Waals surface area contributed by atoms with Crippen LogP contribution >= 0.6 is 0 Å². The van der Waals surface area contributed by atoms with E-state index in [1.54, 1.807) is 14.2 Å². The Balaban J connectivity index is 1.97. The molecule has 0 radical (unpaired) electrons. The zero-order valence-electron chi connectivity index (χ0n) is 13.8. The van der Waals surface area contributed by atoms with Crippen LogP contribution in [0.4, 0.5) is 0 Å². The van der Waals surface area contributed by atoms with E-state index in [2.05, 4.69) is 28.7 Å². The summed E-state index contributed by atoms with van der Waals surface area (Å²) in [7, 11) is 3.36. The average Bonchev–Trinajstić information content (AvgIpc) is 2.99. The minimum Gasteiger partial charge on any atom is -0.497 e. The molecule has 1 heterocycles. The summed E-state index contributed by atoms with van der Waals surface area (Å²) in [5.41, 5.74) is 1.09. The van der Waals surface area contributed by atoms with Gasteiger partial charge in [0.1, 0.15) is 17.3 Å². The maximum absolute atomic E-state index is 5.41. The largest absolute Gasteiger partial charge is 0.497 e. The monoisotopic (exact) mass is 303 g/mol. The summed E-state index contributed by atoms with van der Waals surface area (Å²) in [6.07, 6.45) is 4.84. The number of methoxy groups -OCH3 is 2. The first-order chi connectivity index (χ1) is 10.7. The van der Waals surface area contributed by atoms with E-state index in [-0.39, 0.29) is 0 Å². The summed E-state index contributed by atoms with van der Waals surface area (Å²) in [6, 6.07) is 6.18. The summed E-state index contributed by atoms with van der Waals surface area (Å²) in [4.78, 5) is 4.35. The van der Waals surface area contributed by atoms with Gasteiger partial charge < -0.3 is 19.4 Å². The molecule has 5 heteroatoms. The molecule has 0 amide bonds. The van der Waals surface area contributed by atoms with Crippen molar-refractivity contribution in [3.8, 4) is 11.5 Å². The van der Waals surface area contributed by atoms with Crippen LogP contribution in [0.15, 0.2) is 30.6 Å². The van der Waals surface area contributed by atoms with E-state index in [1.807, 2.05) is 30.6 Å². The summed E-state index contributed by atoms with van der Waals surface area (Å²) < 4.78 is 12.9. The maximum Gasteiger partial charge on any atom is 0.123 e. The Morgan fingerprint density at radius 3 is 2.77 bits per heavy atom. The van der Waals surface area contributed by atoms with Gasteiger partial charge in [0, 0.05) is 43.5 Å². The molecule has 120 valence electrons. The number of aromatic nitrogens is 2. The van der Waals surface area contributed by atoms with E-state index >= 15 is 0 Å². The van der Waals surface area contributed by atoms with Gasteiger partial charge >= 0.3 is 0 Å². The number of nitrogens with zero attached hydrogens (tertiary/aromatic N) is 2. The smallest absolute Gasteiger partial charge is 0.123 e. The number of imidazole rings is 1. The fraction of sp³-hybridized carbons (Fsp3) is 0.471. The molecule has 2 rings (SSSR count). The van der Waals surface area contributed by atoms with Gasteiger partial charge in [-0.15, -0.1) is 0 Å². The van der Waals surface area contributed by atoms with Gasteiger partial charge in [0.05, 0.1) is 14.2 Å². The molecule has 0 aliphatic heterocycles. The number of aryl methyl sites for hydroxylation is 1. The van der Waals surface area contributed by atoms with Crippen LogP contribution in [-0.2, 0) is 19.5 Å². The molecule has 0 saturated heterocycles. The molecule has 1 unspecified atom stereocenters. The zero-order valence-corrected chi connectivity index (χ0v) is 13.8. The van der Waals surface area contributed by atoms with Crippen molar-refractivity contribution < 1.29 is 9.47 Å². The molecule has 5 nitrogen and oxygen atoms in total. The Labute approximate surface area is 132 Å². The third kappa shape index (κ3) is 4.01. The minimum absolute atomic E-state index is 0.329. The highest BCUT2D eigenvalue weighted by molar-refractivity contribution is 5.40. The quantitative estimate of drug-likeness (QED) is 0.814. The first-order valence-electron chi connectivity index (χ1n) is 7.62. The summed E-state index contributed by atoms with van der Waals surface area (Å²) in [5.74, 6) is 2.83. The van der Waals surface area contributed by atoms with Crippen molar-refractivity contribution in [2.75, 3.05) is 14.2 Å². The van der Waals surface area contributed by atoms with E-state index in [0.29, 0.717) is 6.04 Å². The van der Waals surface area contributed by atoms with Gasteiger partial charge in [-0.25, -0.2) is 4.98 Å². The summed E-state index contributed by atoms with van der Waals surface area (Å²) in [6.45, 7) is 5.93. The molecular formula is C17H25N3O2. The highest BCUT2D eigenvalue weighted by atomic mass is 16.5. The van der Waals surface area contributed by atoms with Crippen LogP contribution in [0.3, 0.4) is 0 Å². The normalized spacial score (nSPS) is 12.2. The van der Waals surface area contributed by atoms with E-state index in [4.69, 9.17) is 9.47 Å². The lowest BCUT2D eigenvalue weighted by atomic mass is 10.1. The number of benzene rings is 1.